The van der Waals surface area contributed by atoms with Crippen molar-refractivity contribution >= 4 is 49.2 Å². The fourth-order valence-corrected chi connectivity index (χ4v) is 4.08. The number of carbonyl (C=O) groups excluding carboxylic acids is 2. The highest BCUT2D eigenvalue weighted by molar-refractivity contribution is 7.30. The molecule has 0 aromatic carbocycles. The van der Waals surface area contributed by atoms with Crippen LogP contribution in [0.4, 0.5) is 5.13 Å². The number of esters is 1. The molecule has 0 saturated carbocycles. The first-order valence-corrected chi connectivity index (χ1v) is 8.57. The Morgan fingerprint density at radius 1 is 1.29 bits per heavy atom. The second-order valence-corrected chi connectivity index (χ2v) is 6.58. The number of aryl methyl sites for hydroxylation is 1. The van der Waals surface area contributed by atoms with E-state index in [0.717, 1.165) is 27.9 Å². The first-order valence-electron chi connectivity index (χ1n) is 6.93. The third kappa shape index (κ3) is 3.59. The van der Waals surface area contributed by atoms with Gasteiger partial charge >= 0.3 is 5.97 Å². The quantitative estimate of drug-likeness (QED) is 0.816. The summed E-state index contributed by atoms with van der Waals surface area (Å²) in [5.74, 6) is -0.319. The Bertz CT molecular complexity index is 661. The molecule has 0 unspecified atom stereocenters. The van der Waals surface area contributed by atoms with Gasteiger partial charge in [-0.1, -0.05) is 24.7 Å². The van der Waals surface area contributed by atoms with Crippen LogP contribution in [0.1, 0.15) is 48.3 Å². The zero-order chi connectivity index (χ0) is 15.4. The summed E-state index contributed by atoms with van der Waals surface area (Å²) in [6.45, 7) is 6.07. The Balaban J connectivity index is 2.16. The molecular formula is C14H18N2O3S2. The number of amides is 1. The molecule has 2 rings (SSSR count). The number of hydrogen-bond donors (Lipinski definition) is 1. The number of hydrogen-bond acceptors (Lipinski definition) is 6. The van der Waals surface area contributed by atoms with E-state index in [2.05, 4.69) is 10.3 Å². The van der Waals surface area contributed by atoms with Crippen LogP contribution in [-0.2, 0) is 9.53 Å². The molecule has 2 aromatic rings. The van der Waals surface area contributed by atoms with Gasteiger partial charge in [-0.25, -0.2) is 9.78 Å². The monoisotopic (exact) mass is 326 g/mol. The number of fused-ring (bicyclic) bond motifs is 1. The number of thiazole rings is 1. The Morgan fingerprint density at radius 2 is 2.05 bits per heavy atom. The van der Waals surface area contributed by atoms with Gasteiger partial charge in [0.05, 0.1) is 11.3 Å². The third-order valence-corrected chi connectivity index (χ3v) is 5.33. The molecule has 0 radical (unpaired) electrons. The van der Waals surface area contributed by atoms with Crippen LogP contribution >= 0.6 is 22.7 Å². The maximum Gasteiger partial charge on any atom is 0.348 e. The van der Waals surface area contributed by atoms with Crippen LogP contribution in [0.15, 0.2) is 0 Å². The SMILES string of the molecule is CCCCC(=O)Nc1nc2sc(C(=O)OCC)c(C)c2s1. The molecule has 2 heterocycles. The largest absolute Gasteiger partial charge is 0.462 e. The molecule has 1 amide bonds. The molecular weight excluding hydrogens is 308 g/mol. The van der Waals surface area contributed by atoms with Crippen LogP contribution in [0.3, 0.4) is 0 Å². The summed E-state index contributed by atoms with van der Waals surface area (Å²) in [6, 6.07) is 0. The molecule has 0 spiro atoms. The van der Waals surface area contributed by atoms with Crippen LogP contribution in [0, 0.1) is 6.92 Å². The number of unbranched alkanes of at least 4 members (excludes halogenated alkanes) is 1. The summed E-state index contributed by atoms with van der Waals surface area (Å²) < 4.78 is 5.96. The number of rotatable bonds is 6. The lowest BCUT2D eigenvalue weighted by molar-refractivity contribution is -0.116. The van der Waals surface area contributed by atoms with E-state index in [1.54, 1.807) is 6.92 Å². The third-order valence-electron chi connectivity index (χ3n) is 2.94. The number of ether oxygens (including phenoxy) is 1. The molecule has 21 heavy (non-hydrogen) atoms. The van der Waals surface area contributed by atoms with Crippen LogP contribution in [0.25, 0.3) is 9.53 Å². The second kappa shape index (κ2) is 7.00. The van der Waals surface area contributed by atoms with Gasteiger partial charge in [0.15, 0.2) is 5.13 Å². The van der Waals surface area contributed by atoms with Gasteiger partial charge in [0.2, 0.25) is 5.91 Å². The first kappa shape index (κ1) is 15.9. The molecule has 5 nitrogen and oxygen atoms in total. The smallest absolute Gasteiger partial charge is 0.348 e. The lowest BCUT2D eigenvalue weighted by Gasteiger charge is -2.00. The zero-order valence-corrected chi connectivity index (χ0v) is 13.9. The number of anilines is 1. The van der Waals surface area contributed by atoms with E-state index in [0.29, 0.717) is 23.0 Å². The Morgan fingerprint density at radius 3 is 2.67 bits per heavy atom. The number of nitrogens with zero attached hydrogens (tertiary/aromatic N) is 1. The van der Waals surface area contributed by atoms with E-state index in [9.17, 15) is 9.59 Å². The fourth-order valence-electron chi connectivity index (χ4n) is 1.85. The molecule has 0 aliphatic carbocycles. The van der Waals surface area contributed by atoms with Gasteiger partial charge in [0, 0.05) is 6.42 Å². The van der Waals surface area contributed by atoms with Crippen LogP contribution in [0.2, 0.25) is 0 Å². The average molecular weight is 326 g/mol. The normalized spacial score (nSPS) is 10.8. The predicted octanol–water partition coefficient (Wildman–Crippen LogP) is 3.97. The lowest BCUT2D eigenvalue weighted by Crippen LogP contribution is -2.10. The minimum Gasteiger partial charge on any atom is -0.462 e. The van der Waals surface area contributed by atoms with Crippen molar-refractivity contribution in [3.63, 3.8) is 0 Å². The van der Waals surface area contributed by atoms with Crippen LogP contribution in [0.5, 0.6) is 0 Å². The molecule has 0 aliphatic heterocycles. The summed E-state index contributed by atoms with van der Waals surface area (Å²) in [6.07, 6.45) is 2.37. The molecule has 7 heteroatoms. The van der Waals surface area contributed by atoms with Gasteiger partial charge in [-0.15, -0.1) is 11.3 Å². The fraction of sp³-hybridized carbons (Fsp3) is 0.500. The van der Waals surface area contributed by atoms with Crippen molar-refractivity contribution < 1.29 is 14.3 Å². The average Bonchev–Trinajstić information content (AvgIpc) is 2.96. The van der Waals surface area contributed by atoms with E-state index < -0.39 is 0 Å². The summed E-state index contributed by atoms with van der Waals surface area (Å²) in [5.41, 5.74) is 0.875. The van der Waals surface area contributed by atoms with Crippen molar-refractivity contribution in [2.45, 2.75) is 40.0 Å². The summed E-state index contributed by atoms with van der Waals surface area (Å²) in [5, 5.41) is 3.41. The molecule has 114 valence electrons. The standard InChI is InChI=1S/C14H18N2O3S2/c1-4-6-7-9(17)15-14-16-12-10(21-14)8(3)11(20-12)13(18)19-5-2/h4-7H2,1-3H3,(H,15,16,17). The van der Waals surface area contributed by atoms with Crippen molar-refractivity contribution in [3.05, 3.63) is 10.4 Å². The molecule has 0 fully saturated rings. The van der Waals surface area contributed by atoms with E-state index in [1.165, 1.54) is 22.7 Å². The van der Waals surface area contributed by atoms with Gasteiger partial charge in [0.1, 0.15) is 9.71 Å². The summed E-state index contributed by atoms with van der Waals surface area (Å²) in [4.78, 5) is 29.3. The van der Waals surface area contributed by atoms with Crippen molar-refractivity contribution in [1.29, 1.82) is 0 Å². The molecule has 0 saturated heterocycles. The lowest BCUT2D eigenvalue weighted by atomic mass is 10.2. The molecule has 2 aromatic heterocycles. The first-order chi connectivity index (χ1) is 10.1. The summed E-state index contributed by atoms with van der Waals surface area (Å²) >= 11 is 2.71. The summed E-state index contributed by atoms with van der Waals surface area (Å²) in [7, 11) is 0. The number of aromatic nitrogens is 1. The highest BCUT2D eigenvalue weighted by Gasteiger charge is 2.20. The Kier molecular flexibility index (Phi) is 5.30. The van der Waals surface area contributed by atoms with E-state index in [1.807, 2.05) is 13.8 Å². The minimum absolute atomic E-state index is 0.0125. The van der Waals surface area contributed by atoms with Crippen LogP contribution < -0.4 is 5.32 Å². The number of carbonyl (C=O) groups is 2. The minimum atomic E-state index is -0.307. The van der Waals surface area contributed by atoms with Crippen molar-refractivity contribution in [2.24, 2.45) is 0 Å². The van der Waals surface area contributed by atoms with Crippen molar-refractivity contribution in [3.8, 4) is 0 Å². The highest BCUT2D eigenvalue weighted by Crippen LogP contribution is 2.37. The topological polar surface area (TPSA) is 68.3 Å². The van der Waals surface area contributed by atoms with E-state index >= 15 is 0 Å². The maximum absolute atomic E-state index is 11.8. The maximum atomic E-state index is 11.8. The van der Waals surface area contributed by atoms with Gasteiger partial charge in [-0.2, -0.15) is 0 Å². The molecule has 0 atom stereocenters. The molecule has 1 N–H and O–H groups in total. The second-order valence-electron chi connectivity index (χ2n) is 4.58. The number of thiophene rings is 1. The predicted molar refractivity (Wildman–Crippen MR) is 86.3 cm³/mol. The van der Waals surface area contributed by atoms with Gasteiger partial charge in [-0.3, -0.25) is 4.79 Å². The van der Waals surface area contributed by atoms with Gasteiger partial charge < -0.3 is 10.1 Å². The number of nitrogens with one attached hydrogen (secondary N) is 1. The van der Waals surface area contributed by atoms with Crippen molar-refractivity contribution in [1.82, 2.24) is 4.98 Å². The Hall–Kier alpha value is -1.47. The Labute approximate surface area is 131 Å². The molecule has 0 bridgehead atoms. The van der Waals surface area contributed by atoms with Gasteiger partial charge in [-0.05, 0) is 25.8 Å². The van der Waals surface area contributed by atoms with Crippen LogP contribution in [-0.4, -0.2) is 23.5 Å². The van der Waals surface area contributed by atoms with Crippen molar-refractivity contribution in [2.75, 3.05) is 11.9 Å². The highest BCUT2D eigenvalue weighted by atomic mass is 32.1. The van der Waals surface area contributed by atoms with Gasteiger partial charge in [0.25, 0.3) is 0 Å². The molecule has 0 aliphatic rings. The zero-order valence-electron chi connectivity index (χ0n) is 12.3. The van der Waals surface area contributed by atoms with E-state index in [4.69, 9.17) is 4.74 Å². The van der Waals surface area contributed by atoms with E-state index in [-0.39, 0.29) is 11.9 Å².